The molecule has 3 aromatic rings. The van der Waals surface area contributed by atoms with Gasteiger partial charge in [-0.2, -0.15) is 13.2 Å². The molecule has 0 spiro atoms. The number of fused-ring (bicyclic) bond motifs is 1. The van der Waals surface area contributed by atoms with E-state index in [-0.39, 0.29) is 0 Å². The van der Waals surface area contributed by atoms with Crippen LogP contribution in [0, 0.1) is 10.5 Å². The summed E-state index contributed by atoms with van der Waals surface area (Å²) < 4.78 is 39.5. The van der Waals surface area contributed by atoms with E-state index in [0.29, 0.717) is 0 Å². The zero-order chi connectivity index (χ0) is 19.9. The maximum Gasteiger partial charge on any atom is 0.416 e. The van der Waals surface area contributed by atoms with Crippen LogP contribution in [0.3, 0.4) is 0 Å². The number of benzene rings is 2. The van der Waals surface area contributed by atoms with Gasteiger partial charge in [-0.15, -0.1) is 11.3 Å². The molecule has 0 atom stereocenters. The van der Waals surface area contributed by atoms with Crippen molar-refractivity contribution < 1.29 is 13.2 Å². The monoisotopic (exact) mass is 514 g/mol. The minimum absolute atomic E-state index is 0.632. The van der Waals surface area contributed by atoms with Crippen LogP contribution in [0.5, 0.6) is 0 Å². The number of hydrogen-bond acceptors (Lipinski definition) is 3. The molecule has 1 aromatic heterocycles. The van der Waals surface area contributed by atoms with E-state index < -0.39 is 11.7 Å². The van der Waals surface area contributed by atoms with Gasteiger partial charge < -0.3 is 4.90 Å². The Bertz CT molecular complexity index is 996. The molecular weight excluding hydrogens is 496 g/mol. The van der Waals surface area contributed by atoms with Gasteiger partial charge in [0.05, 0.1) is 11.3 Å². The number of thiazole rings is 1. The van der Waals surface area contributed by atoms with Crippen LogP contribution in [0.2, 0.25) is 0 Å². The maximum atomic E-state index is 12.8. The van der Waals surface area contributed by atoms with Crippen LogP contribution in [-0.2, 0) is 19.0 Å². The Balaban J connectivity index is 1.48. The smallest absolute Gasteiger partial charge is 0.371 e. The van der Waals surface area contributed by atoms with Crippen molar-refractivity contribution in [2.45, 2.75) is 25.9 Å². The summed E-state index contributed by atoms with van der Waals surface area (Å²) in [7, 11) is 0. The van der Waals surface area contributed by atoms with E-state index in [9.17, 15) is 13.2 Å². The third-order valence-corrected chi connectivity index (χ3v) is 6.94. The largest absolute Gasteiger partial charge is 0.416 e. The van der Waals surface area contributed by atoms with Crippen molar-refractivity contribution in [2.24, 2.45) is 0 Å². The summed E-state index contributed by atoms with van der Waals surface area (Å²) >= 11 is 3.91. The van der Waals surface area contributed by atoms with E-state index >= 15 is 0 Å². The Kier molecular flexibility index (Phi) is 5.39. The van der Waals surface area contributed by atoms with Crippen molar-refractivity contribution in [3.05, 3.63) is 67.7 Å². The second kappa shape index (κ2) is 7.67. The first-order valence-electron chi connectivity index (χ1n) is 8.98. The zero-order valence-corrected chi connectivity index (χ0v) is 18.2. The highest BCUT2D eigenvalue weighted by molar-refractivity contribution is 14.1. The van der Waals surface area contributed by atoms with Gasteiger partial charge in [-0.1, -0.05) is 18.2 Å². The van der Waals surface area contributed by atoms with Crippen molar-refractivity contribution in [1.82, 2.24) is 4.98 Å². The number of hydrogen-bond donors (Lipinski definition) is 0. The molecular formula is C21H18F3IN2S. The molecule has 2 nitrogen and oxygen atoms in total. The molecule has 0 saturated carbocycles. The van der Waals surface area contributed by atoms with Crippen LogP contribution in [0.4, 0.5) is 18.9 Å². The van der Waals surface area contributed by atoms with Crippen LogP contribution in [0.1, 0.15) is 21.7 Å². The Labute approximate surface area is 179 Å². The molecule has 0 radical (unpaired) electrons. The summed E-state index contributed by atoms with van der Waals surface area (Å²) in [5, 5.41) is 0.776. The van der Waals surface area contributed by atoms with E-state index in [4.69, 9.17) is 0 Å². The molecule has 0 N–H and O–H groups in total. The van der Waals surface area contributed by atoms with Crippen LogP contribution < -0.4 is 4.90 Å². The lowest BCUT2D eigenvalue weighted by Crippen LogP contribution is -2.23. The van der Waals surface area contributed by atoms with Crippen molar-refractivity contribution in [3.63, 3.8) is 0 Å². The molecule has 7 heteroatoms. The summed E-state index contributed by atoms with van der Waals surface area (Å²) in [6, 6.07) is 11.8. The van der Waals surface area contributed by atoms with Gasteiger partial charge in [-0.25, -0.2) is 4.98 Å². The standard InChI is InChI=1S/C21H18F3IN2S/c1-13-19(9-11-27-10-8-14-4-7-17(25)12-18(14)27)28-20(26-13)15-2-5-16(6-3-15)21(22,23)24/h2-7,12H,8-11H2,1H3. The molecule has 1 aliphatic rings. The predicted molar refractivity (Wildman–Crippen MR) is 116 cm³/mol. The minimum Gasteiger partial charge on any atom is -0.371 e. The van der Waals surface area contributed by atoms with E-state index in [1.54, 1.807) is 11.3 Å². The zero-order valence-electron chi connectivity index (χ0n) is 15.2. The molecule has 0 unspecified atom stereocenters. The predicted octanol–water partition coefficient (Wildman–Crippen LogP) is 6.35. The van der Waals surface area contributed by atoms with E-state index in [2.05, 4.69) is 50.7 Å². The number of halogens is 4. The normalized spacial score (nSPS) is 13.8. The van der Waals surface area contributed by atoms with E-state index in [1.807, 2.05) is 6.92 Å². The van der Waals surface area contributed by atoms with Crippen molar-refractivity contribution in [3.8, 4) is 10.6 Å². The van der Waals surface area contributed by atoms with Gasteiger partial charge in [-0.3, -0.25) is 0 Å². The van der Waals surface area contributed by atoms with Crippen molar-refractivity contribution in [1.29, 1.82) is 0 Å². The average Bonchev–Trinajstić information content (AvgIpc) is 3.22. The number of anilines is 1. The van der Waals surface area contributed by atoms with Crippen LogP contribution in [0.25, 0.3) is 10.6 Å². The third-order valence-electron chi connectivity index (χ3n) is 5.00. The van der Waals surface area contributed by atoms with Crippen molar-refractivity contribution in [2.75, 3.05) is 18.0 Å². The third kappa shape index (κ3) is 4.05. The van der Waals surface area contributed by atoms with E-state index in [1.165, 1.54) is 31.8 Å². The van der Waals surface area contributed by atoms with Gasteiger partial charge in [0.25, 0.3) is 0 Å². The first-order valence-corrected chi connectivity index (χ1v) is 10.9. The highest BCUT2D eigenvalue weighted by Crippen LogP contribution is 2.34. The lowest BCUT2D eigenvalue weighted by Gasteiger charge is -2.19. The summed E-state index contributed by atoms with van der Waals surface area (Å²) in [5.74, 6) is 0. The maximum absolute atomic E-state index is 12.8. The number of nitrogens with zero attached hydrogens (tertiary/aromatic N) is 2. The fraction of sp³-hybridized carbons (Fsp3) is 0.286. The fourth-order valence-corrected chi connectivity index (χ4v) is 5.00. The molecule has 28 heavy (non-hydrogen) atoms. The van der Waals surface area contributed by atoms with Crippen LogP contribution in [-0.4, -0.2) is 18.1 Å². The second-order valence-corrected chi connectivity index (χ2v) is 9.19. The molecule has 1 aliphatic heterocycles. The summed E-state index contributed by atoms with van der Waals surface area (Å²) in [6.45, 7) is 3.92. The lowest BCUT2D eigenvalue weighted by molar-refractivity contribution is -0.137. The molecule has 2 aromatic carbocycles. The molecule has 0 saturated heterocycles. The highest BCUT2D eigenvalue weighted by Gasteiger charge is 2.30. The lowest BCUT2D eigenvalue weighted by atomic mass is 10.1. The molecule has 0 fully saturated rings. The number of rotatable bonds is 4. The number of alkyl halides is 3. The Morgan fingerprint density at radius 1 is 1.14 bits per heavy atom. The summed E-state index contributed by atoms with van der Waals surface area (Å²) in [4.78, 5) is 8.19. The van der Waals surface area contributed by atoms with Gasteiger partial charge in [0.15, 0.2) is 0 Å². The highest BCUT2D eigenvalue weighted by atomic mass is 127. The minimum atomic E-state index is -4.31. The van der Waals surface area contributed by atoms with Gasteiger partial charge >= 0.3 is 6.18 Å². The van der Waals surface area contributed by atoms with Crippen LogP contribution >= 0.6 is 33.9 Å². The Hall–Kier alpha value is -1.61. The number of aromatic nitrogens is 1. The van der Waals surface area contributed by atoms with E-state index in [0.717, 1.165) is 54.3 Å². The SMILES string of the molecule is Cc1nc(-c2ccc(C(F)(F)F)cc2)sc1CCN1CCc2ccc(I)cc21. The second-order valence-electron chi connectivity index (χ2n) is 6.86. The first-order chi connectivity index (χ1) is 13.3. The Morgan fingerprint density at radius 2 is 1.89 bits per heavy atom. The van der Waals surface area contributed by atoms with Gasteiger partial charge in [0, 0.05) is 39.2 Å². The topological polar surface area (TPSA) is 16.1 Å². The molecule has 0 amide bonds. The molecule has 0 aliphatic carbocycles. The molecule has 4 rings (SSSR count). The average molecular weight is 514 g/mol. The summed E-state index contributed by atoms with van der Waals surface area (Å²) in [6.07, 6.45) is -2.36. The van der Waals surface area contributed by atoms with Gasteiger partial charge in [0.1, 0.15) is 5.01 Å². The quantitative estimate of drug-likeness (QED) is 0.378. The van der Waals surface area contributed by atoms with Crippen molar-refractivity contribution >= 4 is 39.6 Å². The first kappa shape index (κ1) is 19.7. The molecule has 2 heterocycles. The van der Waals surface area contributed by atoms with Crippen LogP contribution in [0.15, 0.2) is 42.5 Å². The molecule has 146 valence electrons. The summed E-state index contributed by atoms with van der Waals surface area (Å²) in [5.41, 5.74) is 3.77. The number of aryl methyl sites for hydroxylation is 1. The van der Waals surface area contributed by atoms with Gasteiger partial charge in [-0.05, 0) is 65.8 Å². The molecule has 0 bridgehead atoms. The fourth-order valence-electron chi connectivity index (χ4n) is 3.47. The Morgan fingerprint density at radius 3 is 2.61 bits per heavy atom. The van der Waals surface area contributed by atoms with Gasteiger partial charge in [0.2, 0.25) is 0 Å².